The fourth-order valence-electron chi connectivity index (χ4n) is 2.08. The summed E-state index contributed by atoms with van der Waals surface area (Å²) in [7, 11) is 0. The van der Waals surface area contributed by atoms with Crippen molar-refractivity contribution in [3.05, 3.63) is 57.3 Å². The van der Waals surface area contributed by atoms with Crippen molar-refractivity contribution < 1.29 is 4.79 Å². The molecule has 1 aromatic carbocycles. The number of pyridine rings is 1. The Kier molecular flexibility index (Phi) is 3.23. The molecule has 0 unspecified atom stereocenters. The third-order valence-electron chi connectivity index (χ3n) is 3.02. The van der Waals surface area contributed by atoms with Crippen LogP contribution in [-0.4, -0.2) is 15.8 Å². The number of anilines is 1. The number of aromatic nitrogens is 2. The molecular formula is C14H9BrClN3O. The third-order valence-corrected chi connectivity index (χ3v) is 3.76. The number of H-pyrrole nitrogens is 1. The van der Waals surface area contributed by atoms with Gasteiger partial charge in [0.05, 0.1) is 10.6 Å². The zero-order valence-corrected chi connectivity index (χ0v) is 12.5. The number of benzene rings is 1. The van der Waals surface area contributed by atoms with Crippen LogP contribution in [0.4, 0.5) is 5.69 Å². The molecule has 4 nitrogen and oxygen atoms in total. The number of carbonyl (C=O) groups is 1. The SMILES string of the molecule is Nc1cccc(Cl)c1C(=O)c1c[nH]c2ncc(Br)cc12. The average molecular weight is 351 g/mol. The number of nitrogens with two attached hydrogens (primary N) is 1. The summed E-state index contributed by atoms with van der Waals surface area (Å²) in [5, 5.41) is 1.07. The highest BCUT2D eigenvalue weighted by molar-refractivity contribution is 9.10. The van der Waals surface area contributed by atoms with Crippen molar-refractivity contribution in [2.24, 2.45) is 0 Å². The van der Waals surface area contributed by atoms with E-state index in [-0.39, 0.29) is 5.78 Å². The predicted molar refractivity (Wildman–Crippen MR) is 83.1 cm³/mol. The van der Waals surface area contributed by atoms with Crippen LogP contribution in [0.1, 0.15) is 15.9 Å². The van der Waals surface area contributed by atoms with Crippen molar-refractivity contribution in [3.8, 4) is 0 Å². The Hall–Kier alpha value is -1.85. The molecule has 3 N–H and O–H groups in total. The van der Waals surface area contributed by atoms with Crippen LogP contribution in [0, 0.1) is 0 Å². The number of aromatic amines is 1. The molecule has 2 aromatic heterocycles. The van der Waals surface area contributed by atoms with Crippen LogP contribution in [-0.2, 0) is 0 Å². The third kappa shape index (κ3) is 2.09. The van der Waals surface area contributed by atoms with Gasteiger partial charge >= 0.3 is 0 Å². The molecule has 0 aliphatic rings. The monoisotopic (exact) mass is 349 g/mol. The van der Waals surface area contributed by atoms with E-state index in [0.29, 0.717) is 27.5 Å². The molecule has 0 saturated carbocycles. The molecule has 20 heavy (non-hydrogen) atoms. The summed E-state index contributed by atoms with van der Waals surface area (Å²) in [6, 6.07) is 6.84. The second-order valence-electron chi connectivity index (χ2n) is 4.29. The number of fused-ring (bicyclic) bond motifs is 1. The maximum atomic E-state index is 12.6. The number of rotatable bonds is 2. The van der Waals surface area contributed by atoms with Crippen molar-refractivity contribution in [2.45, 2.75) is 0 Å². The zero-order chi connectivity index (χ0) is 14.3. The molecular weight excluding hydrogens is 342 g/mol. The van der Waals surface area contributed by atoms with E-state index < -0.39 is 0 Å². The molecule has 2 heterocycles. The zero-order valence-electron chi connectivity index (χ0n) is 10.2. The van der Waals surface area contributed by atoms with Crippen LogP contribution in [0.15, 0.2) is 41.1 Å². The highest BCUT2D eigenvalue weighted by atomic mass is 79.9. The van der Waals surface area contributed by atoms with Gasteiger partial charge in [-0.05, 0) is 34.1 Å². The predicted octanol–water partition coefficient (Wildman–Crippen LogP) is 3.79. The molecule has 0 atom stereocenters. The van der Waals surface area contributed by atoms with Crippen LogP contribution >= 0.6 is 27.5 Å². The summed E-state index contributed by atoms with van der Waals surface area (Å²) >= 11 is 9.43. The normalized spacial score (nSPS) is 10.9. The molecule has 0 saturated heterocycles. The first-order valence-electron chi connectivity index (χ1n) is 5.79. The van der Waals surface area contributed by atoms with Crippen molar-refractivity contribution >= 4 is 50.0 Å². The number of halogens is 2. The van der Waals surface area contributed by atoms with Crippen molar-refractivity contribution in [2.75, 3.05) is 5.73 Å². The molecule has 100 valence electrons. The van der Waals surface area contributed by atoms with Gasteiger partial charge < -0.3 is 10.7 Å². The van der Waals surface area contributed by atoms with Crippen LogP contribution in [0.25, 0.3) is 11.0 Å². The lowest BCUT2D eigenvalue weighted by molar-refractivity contribution is 0.104. The lowest BCUT2D eigenvalue weighted by Crippen LogP contribution is -2.05. The van der Waals surface area contributed by atoms with Crippen LogP contribution in [0.2, 0.25) is 5.02 Å². The van der Waals surface area contributed by atoms with Gasteiger partial charge in [-0.15, -0.1) is 0 Å². The Labute approximate surface area is 128 Å². The molecule has 0 aliphatic carbocycles. The minimum Gasteiger partial charge on any atom is -0.398 e. The molecule has 6 heteroatoms. The Morgan fingerprint density at radius 2 is 2.20 bits per heavy atom. The van der Waals surface area contributed by atoms with Crippen molar-refractivity contribution in [3.63, 3.8) is 0 Å². The van der Waals surface area contributed by atoms with Gasteiger partial charge in [0.15, 0.2) is 5.78 Å². The van der Waals surface area contributed by atoms with E-state index in [1.165, 1.54) is 0 Å². The average Bonchev–Trinajstić information content (AvgIpc) is 2.81. The second kappa shape index (κ2) is 4.92. The minimum absolute atomic E-state index is 0.223. The largest absolute Gasteiger partial charge is 0.398 e. The maximum absolute atomic E-state index is 12.6. The second-order valence-corrected chi connectivity index (χ2v) is 5.61. The lowest BCUT2D eigenvalue weighted by atomic mass is 10.0. The molecule has 0 amide bonds. The van der Waals surface area contributed by atoms with E-state index in [9.17, 15) is 4.79 Å². The number of carbonyl (C=O) groups excluding carboxylic acids is 1. The smallest absolute Gasteiger partial charge is 0.198 e. The number of nitrogens with one attached hydrogen (secondary N) is 1. The maximum Gasteiger partial charge on any atom is 0.198 e. The van der Waals surface area contributed by atoms with E-state index >= 15 is 0 Å². The molecule has 0 radical (unpaired) electrons. The summed E-state index contributed by atoms with van der Waals surface area (Å²) in [6.07, 6.45) is 3.28. The number of ketones is 1. The summed E-state index contributed by atoms with van der Waals surface area (Å²) in [4.78, 5) is 19.8. The lowest BCUT2D eigenvalue weighted by Gasteiger charge is -2.06. The van der Waals surface area contributed by atoms with Crippen molar-refractivity contribution in [1.29, 1.82) is 0 Å². The van der Waals surface area contributed by atoms with E-state index in [1.807, 2.05) is 6.07 Å². The molecule has 0 aliphatic heterocycles. The van der Waals surface area contributed by atoms with E-state index in [1.54, 1.807) is 30.6 Å². The van der Waals surface area contributed by atoms with Gasteiger partial charge in [-0.1, -0.05) is 17.7 Å². The Balaban J connectivity index is 2.21. The quantitative estimate of drug-likeness (QED) is 0.545. The highest BCUT2D eigenvalue weighted by Gasteiger charge is 2.19. The number of nitrogens with zero attached hydrogens (tertiary/aromatic N) is 1. The van der Waals surface area contributed by atoms with Crippen LogP contribution in [0.5, 0.6) is 0 Å². The molecule has 3 rings (SSSR count). The standard InChI is InChI=1S/C14H9BrClN3O/c15-7-4-8-9(6-19-14(8)18-5-7)13(20)12-10(16)2-1-3-11(12)17/h1-6H,17H2,(H,18,19). The van der Waals surface area contributed by atoms with Gasteiger partial charge in [0.25, 0.3) is 0 Å². The van der Waals surface area contributed by atoms with Gasteiger partial charge in [0.1, 0.15) is 5.65 Å². The molecule has 0 bridgehead atoms. The molecule has 0 fully saturated rings. The summed E-state index contributed by atoms with van der Waals surface area (Å²) in [5.74, 6) is -0.223. The molecule has 0 spiro atoms. The van der Waals surface area contributed by atoms with E-state index in [0.717, 1.165) is 9.86 Å². The fourth-order valence-corrected chi connectivity index (χ4v) is 2.68. The summed E-state index contributed by atoms with van der Waals surface area (Å²) in [6.45, 7) is 0. The highest BCUT2D eigenvalue weighted by Crippen LogP contribution is 2.28. The fraction of sp³-hybridized carbons (Fsp3) is 0. The topological polar surface area (TPSA) is 71.8 Å². The first-order chi connectivity index (χ1) is 9.58. The van der Waals surface area contributed by atoms with Gasteiger partial charge in [0.2, 0.25) is 0 Å². The summed E-state index contributed by atoms with van der Waals surface area (Å²) < 4.78 is 0.797. The Bertz CT molecular complexity index is 808. The first kappa shape index (κ1) is 13.1. The summed E-state index contributed by atoms with van der Waals surface area (Å²) in [5.41, 5.74) is 7.67. The van der Waals surface area contributed by atoms with E-state index in [4.69, 9.17) is 17.3 Å². The first-order valence-corrected chi connectivity index (χ1v) is 6.96. The Morgan fingerprint density at radius 1 is 1.40 bits per heavy atom. The van der Waals surface area contributed by atoms with Crippen LogP contribution in [0.3, 0.4) is 0 Å². The molecule has 3 aromatic rings. The number of hydrogen-bond acceptors (Lipinski definition) is 3. The van der Waals surface area contributed by atoms with Gasteiger partial charge in [-0.2, -0.15) is 0 Å². The van der Waals surface area contributed by atoms with Crippen LogP contribution < -0.4 is 5.73 Å². The van der Waals surface area contributed by atoms with Crippen molar-refractivity contribution in [1.82, 2.24) is 9.97 Å². The van der Waals surface area contributed by atoms with E-state index in [2.05, 4.69) is 25.9 Å². The number of nitrogen functional groups attached to an aromatic ring is 1. The number of hydrogen-bond donors (Lipinski definition) is 2. The van der Waals surface area contributed by atoms with Gasteiger partial charge in [-0.25, -0.2) is 4.98 Å². The Morgan fingerprint density at radius 3 is 2.95 bits per heavy atom. The van der Waals surface area contributed by atoms with Gasteiger partial charge in [0, 0.05) is 33.5 Å². The minimum atomic E-state index is -0.223. The van der Waals surface area contributed by atoms with Gasteiger partial charge in [-0.3, -0.25) is 4.79 Å².